The zero-order valence-corrected chi connectivity index (χ0v) is 15.0. The van der Waals surface area contributed by atoms with Crippen LogP contribution in [0.4, 0.5) is 5.69 Å². The summed E-state index contributed by atoms with van der Waals surface area (Å²) < 4.78 is 6.46. The van der Waals surface area contributed by atoms with Crippen LogP contribution in [0.25, 0.3) is 11.1 Å². The summed E-state index contributed by atoms with van der Waals surface area (Å²) in [6, 6.07) is 13.1. The van der Waals surface area contributed by atoms with E-state index in [-0.39, 0.29) is 11.6 Å². The molecule has 1 spiro atoms. The molecule has 3 heteroatoms. The number of hydrogen-bond acceptors (Lipinski definition) is 3. The third-order valence-corrected chi connectivity index (χ3v) is 6.23. The molecule has 1 fully saturated rings. The Balaban J connectivity index is 1.78. The van der Waals surface area contributed by atoms with Crippen LogP contribution in [0.1, 0.15) is 62.0 Å². The molecule has 1 aromatic carbocycles. The summed E-state index contributed by atoms with van der Waals surface area (Å²) in [5.74, 6) is 1.18. The molecule has 1 saturated carbocycles. The summed E-state index contributed by atoms with van der Waals surface area (Å²) >= 11 is 0. The fourth-order valence-electron chi connectivity index (χ4n) is 5.17. The van der Waals surface area contributed by atoms with Gasteiger partial charge in [-0.3, -0.25) is 4.98 Å². The van der Waals surface area contributed by atoms with Crippen LogP contribution in [0.2, 0.25) is 0 Å². The molecular formula is C22H24N2O. The lowest BCUT2D eigenvalue weighted by atomic mass is 9.79. The fraction of sp³-hybridized carbons (Fsp3) is 0.409. The molecule has 2 aliphatic rings. The molecule has 0 amide bonds. The Kier molecular flexibility index (Phi) is 3.21. The number of furan rings is 1. The first-order chi connectivity index (χ1) is 12.2. The summed E-state index contributed by atoms with van der Waals surface area (Å²) in [7, 11) is 0. The molecule has 1 aliphatic carbocycles. The normalized spacial score (nSPS) is 21.8. The van der Waals surface area contributed by atoms with Gasteiger partial charge >= 0.3 is 0 Å². The van der Waals surface area contributed by atoms with Crippen molar-refractivity contribution in [2.24, 2.45) is 0 Å². The second-order valence-corrected chi connectivity index (χ2v) is 7.62. The molecule has 0 saturated heterocycles. The van der Waals surface area contributed by atoms with E-state index in [9.17, 15) is 0 Å². The molecule has 0 bridgehead atoms. The number of fused-ring (bicyclic) bond motifs is 4. The van der Waals surface area contributed by atoms with Gasteiger partial charge in [-0.05, 0) is 50.5 Å². The Morgan fingerprint density at radius 2 is 1.88 bits per heavy atom. The van der Waals surface area contributed by atoms with Gasteiger partial charge in [0.2, 0.25) is 0 Å². The highest BCUT2D eigenvalue weighted by Gasteiger charge is 2.53. The Morgan fingerprint density at radius 3 is 2.68 bits per heavy atom. The van der Waals surface area contributed by atoms with E-state index in [2.05, 4.69) is 54.1 Å². The van der Waals surface area contributed by atoms with Crippen molar-refractivity contribution in [3.63, 3.8) is 0 Å². The summed E-state index contributed by atoms with van der Waals surface area (Å²) in [5, 5.41) is 0. The smallest absolute Gasteiger partial charge is 0.153 e. The standard InChI is InChI=1S/C22H24N2O/c1-15-9-4-5-10-17(15)24-16(2)19-20-18(11-8-14-23-20)25-21(19)22(24)12-6-3-7-13-22/h4-5,8-11,14,16H,3,6-7,12-13H2,1-2H3. The number of nitrogens with zero attached hydrogens (tertiary/aromatic N) is 2. The number of hydrogen-bond donors (Lipinski definition) is 0. The quantitative estimate of drug-likeness (QED) is 0.557. The Morgan fingerprint density at radius 1 is 1.08 bits per heavy atom. The maximum atomic E-state index is 6.46. The van der Waals surface area contributed by atoms with Gasteiger partial charge in [0.1, 0.15) is 11.3 Å². The summed E-state index contributed by atoms with van der Waals surface area (Å²) in [5.41, 5.74) is 5.95. The Labute approximate surface area is 148 Å². The molecule has 1 aliphatic heterocycles. The molecule has 2 aromatic heterocycles. The molecule has 25 heavy (non-hydrogen) atoms. The van der Waals surface area contributed by atoms with E-state index in [4.69, 9.17) is 4.42 Å². The number of rotatable bonds is 1. The number of para-hydroxylation sites is 1. The van der Waals surface area contributed by atoms with E-state index >= 15 is 0 Å². The topological polar surface area (TPSA) is 29.3 Å². The third kappa shape index (κ3) is 1.95. The Bertz CT molecular complexity index is 936. The minimum atomic E-state index is -0.0141. The van der Waals surface area contributed by atoms with E-state index in [1.165, 1.54) is 54.7 Å². The van der Waals surface area contributed by atoms with E-state index in [1.807, 2.05) is 12.3 Å². The predicted octanol–water partition coefficient (Wildman–Crippen LogP) is 5.88. The molecule has 1 atom stereocenters. The average molecular weight is 332 g/mol. The molecule has 3 heterocycles. The highest BCUT2D eigenvalue weighted by atomic mass is 16.3. The number of aryl methyl sites for hydroxylation is 1. The molecule has 0 radical (unpaired) electrons. The van der Waals surface area contributed by atoms with Crippen LogP contribution < -0.4 is 4.90 Å². The van der Waals surface area contributed by atoms with Crippen LogP contribution in [0.5, 0.6) is 0 Å². The SMILES string of the molecule is Cc1ccccc1N1C(C)c2c(oc3cccnc23)C12CCCCC2. The van der Waals surface area contributed by atoms with Gasteiger partial charge in [0.05, 0.1) is 11.6 Å². The van der Waals surface area contributed by atoms with Crippen LogP contribution in [-0.4, -0.2) is 4.98 Å². The molecule has 3 nitrogen and oxygen atoms in total. The highest BCUT2D eigenvalue weighted by Crippen LogP contribution is 2.57. The number of pyridine rings is 1. The van der Waals surface area contributed by atoms with Crippen molar-refractivity contribution in [2.45, 2.75) is 57.5 Å². The first-order valence-corrected chi connectivity index (χ1v) is 9.45. The molecule has 0 N–H and O–H groups in total. The zero-order chi connectivity index (χ0) is 17.0. The van der Waals surface area contributed by atoms with Crippen LogP contribution >= 0.6 is 0 Å². The number of anilines is 1. The minimum Gasteiger partial charge on any atom is -0.456 e. The van der Waals surface area contributed by atoms with Crippen molar-refractivity contribution >= 4 is 16.8 Å². The second kappa shape index (κ2) is 5.35. The van der Waals surface area contributed by atoms with E-state index in [1.54, 1.807) is 0 Å². The lowest BCUT2D eigenvalue weighted by molar-refractivity contribution is 0.247. The first kappa shape index (κ1) is 15.0. The zero-order valence-electron chi connectivity index (χ0n) is 15.0. The van der Waals surface area contributed by atoms with E-state index in [0.29, 0.717) is 0 Å². The summed E-state index contributed by atoms with van der Waals surface area (Å²) in [4.78, 5) is 7.31. The van der Waals surface area contributed by atoms with Gasteiger partial charge in [-0.2, -0.15) is 0 Å². The van der Waals surface area contributed by atoms with Gasteiger partial charge in [-0.1, -0.05) is 37.5 Å². The maximum Gasteiger partial charge on any atom is 0.153 e. The van der Waals surface area contributed by atoms with Crippen LogP contribution in [0.15, 0.2) is 47.0 Å². The lowest BCUT2D eigenvalue weighted by Gasteiger charge is -2.45. The van der Waals surface area contributed by atoms with Crippen LogP contribution in [0.3, 0.4) is 0 Å². The number of aromatic nitrogens is 1. The molecule has 5 rings (SSSR count). The van der Waals surface area contributed by atoms with Gasteiger partial charge in [0, 0.05) is 17.4 Å². The van der Waals surface area contributed by atoms with Gasteiger partial charge < -0.3 is 9.32 Å². The van der Waals surface area contributed by atoms with Crippen molar-refractivity contribution < 1.29 is 4.42 Å². The Hall–Kier alpha value is -2.29. The first-order valence-electron chi connectivity index (χ1n) is 9.45. The largest absolute Gasteiger partial charge is 0.456 e. The van der Waals surface area contributed by atoms with Gasteiger partial charge in [0.15, 0.2) is 5.58 Å². The van der Waals surface area contributed by atoms with E-state index < -0.39 is 0 Å². The van der Waals surface area contributed by atoms with Crippen molar-refractivity contribution in [3.8, 4) is 0 Å². The average Bonchev–Trinajstić information content (AvgIpc) is 3.13. The molecule has 1 unspecified atom stereocenters. The van der Waals surface area contributed by atoms with E-state index in [0.717, 1.165) is 11.1 Å². The molecular weight excluding hydrogens is 308 g/mol. The van der Waals surface area contributed by atoms with Crippen molar-refractivity contribution in [3.05, 3.63) is 59.5 Å². The van der Waals surface area contributed by atoms with Crippen LogP contribution in [-0.2, 0) is 5.54 Å². The third-order valence-electron chi connectivity index (χ3n) is 6.23. The van der Waals surface area contributed by atoms with Crippen molar-refractivity contribution in [1.29, 1.82) is 0 Å². The summed E-state index contributed by atoms with van der Waals surface area (Å²) in [6.45, 7) is 4.54. The minimum absolute atomic E-state index is 0.0141. The van der Waals surface area contributed by atoms with Gasteiger partial charge in [-0.15, -0.1) is 0 Å². The van der Waals surface area contributed by atoms with Gasteiger partial charge in [0.25, 0.3) is 0 Å². The van der Waals surface area contributed by atoms with Gasteiger partial charge in [-0.25, -0.2) is 0 Å². The van der Waals surface area contributed by atoms with Crippen molar-refractivity contribution in [1.82, 2.24) is 4.98 Å². The lowest BCUT2D eigenvalue weighted by Crippen LogP contribution is -2.44. The molecule has 3 aromatic rings. The van der Waals surface area contributed by atoms with Crippen molar-refractivity contribution in [2.75, 3.05) is 4.90 Å². The number of benzene rings is 1. The maximum absolute atomic E-state index is 6.46. The fourth-order valence-corrected chi connectivity index (χ4v) is 5.17. The van der Waals surface area contributed by atoms with Crippen LogP contribution in [0, 0.1) is 6.92 Å². The highest BCUT2D eigenvalue weighted by molar-refractivity contribution is 5.82. The predicted molar refractivity (Wildman–Crippen MR) is 101 cm³/mol. The molecule has 128 valence electrons. The second-order valence-electron chi connectivity index (χ2n) is 7.62. The monoisotopic (exact) mass is 332 g/mol. The summed E-state index contributed by atoms with van der Waals surface area (Å²) in [6.07, 6.45) is 8.06.